The molecule has 1 rings (SSSR count). The molecule has 0 aliphatic heterocycles. The molecule has 0 unspecified atom stereocenters. The van der Waals surface area contributed by atoms with Gasteiger partial charge in [-0.25, -0.2) is 0 Å². The third kappa shape index (κ3) is 2.93. The number of aromatic hydroxyl groups is 1. The first-order chi connectivity index (χ1) is 6.24. The number of para-hydroxylation sites is 2. The van der Waals surface area contributed by atoms with Gasteiger partial charge in [-0.2, -0.15) is 0 Å². The van der Waals surface area contributed by atoms with Gasteiger partial charge in [-0.05, 0) is 12.1 Å². The van der Waals surface area contributed by atoms with Crippen molar-refractivity contribution in [1.82, 2.24) is 0 Å². The van der Waals surface area contributed by atoms with Crippen molar-refractivity contribution in [3.63, 3.8) is 0 Å². The van der Waals surface area contributed by atoms with E-state index in [-0.39, 0.29) is 18.9 Å². The van der Waals surface area contributed by atoms with Crippen LogP contribution in [0.2, 0.25) is 0 Å². The lowest BCUT2D eigenvalue weighted by Gasteiger charge is -2.10. The van der Waals surface area contributed by atoms with Gasteiger partial charge < -0.3 is 20.7 Å². The van der Waals surface area contributed by atoms with Crippen molar-refractivity contribution in [2.75, 3.05) is 13.2 Å². The number of rotatable bonds is 4. The number of nitrogens with two attached hydrogens (primary N) is 1. The Morgan fingerprint density at radius 3 is 2.69 bits per heavy atom. The topological polar surface area (TPSA) is 75.7 Å². The fraction of sp³-hybridized carbons (Fsp3) is 0.333. The highest BCUT2D eigenvalue weighted by Crippen LogP contribution is 2.24. The summed E-state index contributed by atoms with van der Waals surface area (Å²) in [7, 11) is 0. The van der Waals surface area contributed by atoms with Crippen LogP contribution in [0.25, 0.3) is 0 Å². The molecule has 0 radical (unpaired) electrons. The minimum atomic E-state index is -0.695. The van der Waals surface area contributed by atoms with E-state index in [4.69, 9.17) is 15.6 Å². The van der Waals surface area contributed by atoms with Gasteiger partial charge in [0.2, 0.25) is 0 Å². The molecule has 1 aromatic rings. The van der Waals surface area contributed by atoms with Gasteiger partial charge in [-0.3, -0.25) is 0 Å². The monoisotopic (exact) mass is 183 g/mol. The third-order valence-electron chi connectivity index (χ3n) is 1.57. The van der Waals surface area contributed by atoms with Gasteiger partial charge in [0.25, 0.3) is 0 Å². The number of aliphatic hydroxyl groups is 1. The molecule has 0 fully saturated rings. The summed E-state index contributed by atoms with van der Waals surface area (Å²) < 4.78 is 5.11. The van der Waals surface area contributed by atoms with Gasteiger partial charge in [-0.15, -0.1) is 0 Å². The Kier molecular flexibility index (Phi) is 3.54. The minimum Gasteiger partial charge on any atom is -0.504 e. The summed E-state index contributed by atoms with van der Waals surface area (Å²) >= 11 is 0. The molecule has 13 heavy (non-hydrogen) atoms. The zero-order chi connectivity index (χ0) is 9.68. The first-order valence-corrected chi connectivity index (χ1v) is 4.03. The number of phenolic OH excluding ortho intramolecular Hbond substituents is 1. The van der Waals surface area contributed by atoms with E-state index in [1.165, 1.54) is 6.07 Å². The van der Waals surface area contributed by atoms with Crippen molar-refractivity contribution in [3.8, 4) is 11.5 Å². The quantitative estimate of drug-likeness (QED) is 0.618. The highest BCUT2D eigenvalue weighted by atomic mass is 16.5. The molecule has 0 aliphatic rings. The third-order valence-corrected chi connectivity index (χ3v) is 1.57. The first kappa shape index (κ1) is 9.83. The van der Waals surface area contributed by atoms with Crippen molar-refractivity contribution in [2.24, 2.45) is 5.73 Å². The molecule has 4 nitrogen and oxygen atoms in total. The Balaban J connectivity index is 2.50. The van der Waals surface area contributed by atoms with E-state index in [2.05, 4.69) is 0 Å². The lowest BCUT2D eigenvalue weighted by Crippen LogP contribution is -2.26. The minimum absolute atomic E-state index is 0.0618. The normalized spacial score (nSPS) is 12.5. The lowest BCUT2D eigenvalue weighted by atomic mass is 10.3. The van der Waals surface area contributed by atoms with Crippen molar-refractivity contribution in [1.29, 1.82) is 0 Å². The zero-order valence-electron chi connectivity index (χ0n) is 7.18. The van der Waals surface area contributed by atoms with E-state index in [1.54, 1.807) is 18.2 Å². The molecule has 0 amide bonds. The zero-order valence-corrected chi connectivity index (χ0v) is 7.18. The Hall–Kier alpha value is -1.26. The standard InChI is InChI=1S/C9H13NO3/c10-5-7(11)6-13-9-4-2-1-3-8(9)12/h1-4,7,11-12H,5-6,10H2/t7-/m0/s1. The summed E-state index contributed by atoms with van der Waals surface area (Å²) in [6.07, 6.45) is -0.695. The highest BCUT2D eigenvalue weighted by Gasteiger charge is 2.04. The van der Waals surface area contributed by atoms with Gasteiger partial charge in [0.05, 0.1) is 0 Å². The number of benzene rings is 1. The van der Waals surface area contributed by atoms with Crippen LogP contribution in [0.4, 0.5) is 0 Å². The SMILES string of the molecule is NC[C@H](O)COc1ccccc1O. The van der Waals surface area contributed by atoms with Gasteiger partial charge in [0.1, 0.15) is 12.7 Å². The number of hydrogen-bond acceptors (Lipinski definition) is 4. The molecule has 0 spiro atoms. The predicted octanol–water partition coefficient (Wildman–Crippen LogP) is 0.0906. The maximum Gasteiger partial charge on any atom is 0.161 e. The molecule has 0 aromatic heterocycles. The van der Waals surface area contributed by atoms with Crippen LogP contribution in [-0.4, -0.2) is 29.5 Å². The summed E-state index contributed by atoms with van der Waals surface area (Å²) in [6.45, 7) is 0.238. The van der Waals surface area contributed by atoms with Crippen LogP contribution in [-0.2, 0) is 0 Å². The number of hydrogen-bond donors (Lipinski definition) is 3. The fourth-order valence-corrected chi connectivity index (χ4v) is 0.833. The van der Waals surface area contributed by atoms with Gasteiger partial charge >= 0.3 is 0 Å². The van der Waals surface area contributed by atoms with Crippen LogP contribution >= 0.6 is 0 Å². The van der Waals surface area contributed by atoms with Crippen LogP contribution < -0.4 is 10.5 Å². The van der Waals surface area contributed by atoms with Crippen molar-refractivity contribution in [3.05, 3.63) is 24.3 Å². The summed E-state index contributed by atoms with van der Waals surface area (Å²) in [5, 5.41) is 18.3. The predicted molar refractivity (Wildman–Crippen MR) is 48.7 cm³/mol. The first-order valence-electron chi connectivity index (χ1n) is 4.03. The van der Waals surface area contributed by atoms with E-state index in [9.17, 15) is 5.11 Å². The largest absolute Gasteiger partial charge is 0.504 e. The molecule has 0 bridgehead atoms. The van der Waals surface area contributed by atoms with Crippen LogP contribution in [0.3, 0.4) is 0 Å². The second kappa shape index (κ2) is 4.69. The van der Waals surface area contributed by atoms with Crippen molar-refractivity contribution >= 4 is 0 Å². The maximum absolute atomic E-state index is 9.26. The number of ether oxygens (including phenoxy) is 1. The average molecular weight is 183 g/mol. The van der Waals surface area contributed by atoms with Crippen molar-refractivity contribution < 1.29 is 14.9 Å². The van der Waals surface area contributed by atoms with E-state index in [1.807, 2.05) is 0 Å². The van der Waals surface area contributed by atoms with Crippen LogP contribution in [0, 0.1) is 0 Å². The molecule has 1 aromatic carbocycles. The Labute approximate surface area is 76.6 Å². The summed E-state index contributed by atoms with van der Waals surface area (Å²) in [5.41, 5.74) is 5.18. The molecule has 0 saturated carbocycles. The molecule has 1 atom stereocenters. The second-order valence-electron chi connectivity index (χ2n) is 2.67. The van der Waals surface area contributed by atoms with Crippen LogP contribution in [0.15, 0.2) is 24.3 Å². The molecular weight excluding hydrogens is 170 g/mol. The average Bonchev–Trinajstić information content (AvgIpc) is 2.16. The maximum atomic E-state index is 9.26. The summed E-state index contributed by atoms with van der Waals surface area (Å²) in [6, 6.07) is 6.58. The molecule has 0 heterocycles. The van der Waals surface area contributed by atoms with E-state index < -0.39 is 6.10 Å². The Morgan fingerprint density at radius 1 is 1.38 bits per heavy atom. The Bertz CT molecular complexity index is 265. The van der Waals surface area contributed by atoms with Crippen LogP contribution in [0.1, 0.15) is 0 Å². The van der Waals surface area contributed by atoms with Crippen molar-refractivity contribution in [2.45, 2.75) is 6.10 Å². The molecule has 0 saturated heterocycles. The number of aliphatic hydroxyl groups excluding tert-OH is 1. The van der Waals surface area contributed by atoms with Gasteiger partial charge in [0.15, 0.2) is 11.5 Å². The molecule has 72 valence electrons. The lowest BCUT2D eigenvalue weighted by molar-refractivity contribution is 0.112. The summed E-state index contributed by atoms with van der Waals surface area (Å²) in [4.78, 5) is 0. The molecule has 4 N–H and O–H groups in total. The Morgan fingerprint density at radius 2 is 2.08 bits per heavy atom. The van der Waals surface area contributed by atoms with E-state index >= 15 is 0 Å². The molecular formula is C9H13NO3. The molecule has 4 heteroatoms. The highest BCUT2D eigenvalue weighted by molar-refractivity contribution is 5.37. The summed E-state index contributed by atoms with van der Waals surface area (Å²) in [5.74, 6) is 0.418. The van der Waals surface area contributed by atoms with Gasteiger partial charge in [0, 0.05) is 6.54 Å². The molecule has 0 aliphatic carbocycles. The van der Waals surface area contributed by atoms with Gasteiger partial charge in [-0.1, -0.05) is 12.1 Å². The smallest absolute Gasteiger partial charge is 0.161 e. The van der Waals surface area contributed by atoms with E-state index in [0.29, 0.717) is 5.75 Å². The fourth-order valence-electron chi connectivity index (χ4n) is 0.833. The number of phenols is 1. The second-order valence-corrected chi connectivity index (χ2v) is 2.67. The van der Waals surface area contributed by atoms with Crippen LogP contribution in [0.5, 0.6) is 11.5 Å². The van der Waals surface area contributed by atoms with E-state index in [0.717, 1.165) is 0 Å².